The molecule has 1 aliphatic rings. The number of hydrogen-bond donors (Lipinski definition) is 1. The average molecular weight is 447 g/mol. The van der Waals surface area contributed by atoms with Crippen molar-refractivity contribution in [1.29, 1.82) is 0 Å². The van der Waals surface area contributed by atoms with Crippen LogP contribution in [0, 0.1) is 6.92 Å². The van der Waals surface area contributed by atoms with Crippen LogP contribution in [0.15, 0.2) is 36.7 Å². The lowest BCUT2D eigenvalue weighted by molar-refractivity contribution is -0.139. The molecular weight excluding hydrogens is 416 g/mol. The number of carboxylic acids is 1. The molecule has 0 radical (unpaired) electrons. The molecule has 0 spiro atoms. The van der Waals surface area contributed by atoms with Crippen molar-refractivity contribution >= 4 is 16.0 Å². The molecule has 7 nitrogen and oxygen atoms in total. The molecule has 1 aliphatic heterocycles. The van der Waals surface area contributed by atoms with Crippen molar-refractivity contribution in [3.8, 4) is 16.9 Å². The molecule has 1 aromatic heterocycles. The van der Waals surface area contributed by atoms with Gasteiger partial charge < -0.3 is 9.84 Å². The van der Waals surface area contributed by atoms with Crippen LogP contribution in [0.2, 0.25) is 0 Å². The molecule has 1 aromatic carbocycles. The number of rotatable bonds is 7. The third-order valence-electron chi connectivity index (χ3n) is 6.01. The van der Waals surface area contributed by atoms with Crippen LogP contribution in [0.5, 0.6) is 5.75 Å². The second-order valence-electron chi connectivity index (χ2n) is 8.41. The van der Waals surface area contributed by atoms with Crippen molar-refractivity contribution in [1.82, 2.24) is 9.29 Å². The van der Waals surface area contributed by atoms with Crippen LogP contribution in [0.3, 0.4) is 0 Å². The summed E-state index contributed by atoms with van der Waals surface area (Å²) < 4.78 is 30.5. The normalized spacial score (nSPS) is 16.3. The van der Waals surface area contributed by atoms with Crippen LogP contribution in [-0.2, 0) is 14.8 Å². The van der Waals surface area contributed by atoms with Gasteiger partial charge in [-0.1, -0.05) is 18.2 Å². The first-order valence-corrected chi connectivity index (χ1v) is 11.9. The lowest BCUT2D eigenvalue weighted by Crippen LogP contribution is -2.51. The first-order chi connectivity index (χ1) is 14.6. The highest BCUT2D eigenvalue weighted by atomic mass is 32.2. The maximum absolute atomic E-state index is 12.8. The van der Waals surface area contributed by atoms with E-state index in [4.69, 9.17) is 4.74 Å². The van der Waals surface area contributed by atoms with Crippen molar-refractivity contribution in [3.63, 3.8) is 0 Å². The van der Waals surface area contributed by atoms with Gasteiger partial charge in [0.25, 0.3) is 0 Å². The highest BCUT2D eigenvalue weighted by Gasteiger charge is 2.46. The van der Waals surface area contributed by atoms with Gasteiger partial charge in [0.15, 0.2) is 4.75 Å². The van der Waals surface area contributed by atoms with Gasteiger partial charge in [0.05, 0.1) is 12.8 Å². The number of benzene rings is 1. The summed E-state index contributed by atoms with van der Waals surface area (Å²) in [7, 11) is -3.91. The fraction of sp³-hybridized carbons (Fsp3) is 0.478. The van der Waals surface area contributed by atoms with Gasteiger partial charge in [0.2, 0.25) is 10.0 Å². The number of piperidine rings is 1. The van der Waals surface area contributed by atoms with Crippen LogP contribution in [0.1, 0.15) is 50.7 Å². The zero-order chi connectivity index (χ0) is 22.8. The summed E-state index contributed by atoms with van der Waals surface area (Å²) >= 11 is 0. The molecule has 1 saturated heterocycles. The van der Waals surface area contributed by atoms with Gasteiger partial charge >= 0.3 is 5.97 Å². The van der Waals surface area contributed by atoms with E-state index in [0.717, 1.165) is 22.4 Å². The van der Waals surface area contributed by atoms with E-state index >= 15 is 0 Å². The molecular formula is C23H30N2O5S. The van der Waals surface area contributed by atoms with Crippen LogP contribution < -0.4 is 4.74 Å². The molecule has 8 heteroatoms. The van der Waals surface area contributed by atoms with Crippen LogP contribution >= 0.6 is 0 Å². The van der Waals surface area contributed by atoms with Gasteiger partial charge in [-0.05, 0) is 69.2 Å². The number of nitrogens with zero attached hydrogens (tertiary/aromatic N) is 2. The fourth-order valence-corrected chi connectivity index (χ4v) is 5.50. The van der Waals surface area contributed by atoms with Crippen LogP contribution in [0.4, 0.5) is 0 Å². The molecule has 0 saturated carbocycles. The van der Waals surface area contributed by atoms with E-state index in [2.05, 4.69) is 30.1 Å². The number of hydrogen-bond acceptors (Lipinski definition) is 5. The highest BCUT2D eigenvalue weighted by Crippen LogP contribution is 2.34. The zero-order valence-electron chi connectivity index (χ0n) is 18.5. The number of carbonyl (C=O) groups is 1. The molecule has 1 fully saturated rings. The van der Waals surface area contributed by atoms with Gasteiger partial charge in [-0.3, -0.25) is 9.78 Å². The number of aliphatic carboxylic acids is 1. The summed E-state index contributed by atoms with van der Waals surface area (Å²) in [6.45, 7) is 7.71. The Bertz CT molecular complexity index is 1060. The molecule has 2 aromatic rings. The molecule has 3 rings (SSSR count). The maximum Gasteiger partial charge on any atom is 0.325 e. The smallest absolute Gasteiger partial charge is 0.325 e. The summed E-state index contributed by atoms with van der Waals surface area (Å²) in [4.78, 5) is 15.7. The third kappa shape index (κ3) is 4.60. The summed E-state index contributed by atoms with van der Waals surface area (Å²) in [5, 5.41) is 9.32. The quantitative estimate of drug-likeness (QED) is 0.694. The second kappa shape index (κ2) is 8.96. The summed E-state index contributed by atoms with van der Waals surface area (Å²) in [6.07, 6.45) is 4.84. The predicted octanol–water partition coefficient (Wildman–Crippen LogP) is 3.83. The Labute approximate surface area is 184 Å². The summed E-state index contributed by atoms with van der Waals surface area (Å²) in [5.74, 6) is -0.356. The molecule has 0 aliphatic carbocycles. The first kappa shape index (κ1) is 23.2. The van der Waals surface area contributed by atoms with Gasteiger partial charge in [0, 0.05) is 24.8 Å². The molecule has 0 bridgehead atoms. The minimum absolute atomic E-state index is 0.236. The van der Waals surface area contributed by atoms with Gasteiger partial charge in [0.1, 0.15) is 5.75 Å². The summed E-state index contributed by atoms with van der Waals surface area (Å²) in [5.41, 5.74) is 4.37. The van der Waals surface area contributed by atoms with Gasteiger partial charge in [-0.15, -0.1) is 0 Å². The molecule has 0 amide bonds. The van der Waals surface area contributed by atoms with Crippen molar-refractivity contribution in [2.24, 2.45) is 0 Å². The van der Waals surface area contributed by atoms with E-state index in [1.54, 1.807) is 6.20 Å². The van der Waals surface area contributed by atoms with Crippen LogP contribution in [0.25, 0.3) is 11.1 Å². The standard InChI is InChI=1S/C23H30N2O5S/c1-5-30-20-13-19(14-24-15-20)21-7-6-18(12-16(21)2)17-8-10-25(11-9-17)31(28,29)23(3,4)22(26)27/h6-7,12-15,17H,5,8-11H2,1-4H3,(H,26,27). The van der Waals surface area contributed by atoms with E-state index in [-0.39, 0.29) is 5.92 Å². The Hall–Kier alpha value is -2.45. The number of sulfonamides is 1. The monoisotopic (exact) mass is 446 g/mol. The van der Waals surface area contributed by atoms with Crippen molar-refractivity contribution in [2.75, 3.05) is 19.7 Å². The second-order valence-corrected chi connectivity index (χ2v) is 10.9. The molecule has 0 atom stereocenters. The van der Waals surface area contributed by atoms with E-state index < -0.39 is 20.7 Å². The van der Waals surface area contributed by atoms with E-state index in [9.17, 15) is 18.3 Å². The Morgan fingerprint density at radius 3 is 2.48 bits per heavy atom. The Balaban J connectivity index is 1.74. The van der Waals surface area contributed by atoms with Crippen molar-refractivity contribution in [2.45, 2.75) is 51.2 Å². The third-order valence-corrected chi connectivity index (χ3v) is 8.52. The lowest BCUT2D eigenvalue weighted by atomic mass is 9.87. The number of aromatic nitrogens is 1. The lowest BCUT2D eigenvalue weighted by Gasteiger charge is -2.35. The number of pyridine rings is 1. The topological polar surface area (TPSA) is 96.8 Å². The predicted molar refractivity (Wildman–Crippen MR) is 120 cm³/mol. The molecule has 1 N–H and O–H groups in total. The molecule has 168 valence electrons. The number of carboxylic acid groups (broad SMARTS) is 1. The van der Waals surface area contributed by atoms with Crippen LogP contribution in [-0.4, -0.2) is 53.2 Å². The average Bonchev–Trinajstić information content (AvgIpc) is 2.74. The Morgan fingerprint density at radius 1 is 1.23 bits per heavy atom. The minimum Gasteiger partial charge on any atom is -0.492 e. The fourth-order valence-electron chi connectivity index (χ4n) is 3.94. The number of aryl methyl sites for hydroxylation is 1. The van der Waals surface area contributed by atoms with E-state index in [1.807, 2.05) is 19.2 Å². The number of ether oxygens (including phenoxy) is 1. The van der Waals surface area contributed by atoms with Crippen molar-refractivity contribution < 1.29 is 23.1 Å². The SMILES string of the molecule is CCOc1cncc(-c2ccc(C3CCN(S(=O)(=O)C(C)(C)C(=O)O)CC3)cc2C)c1. The van der Waals surface area contributed by atoms with Gasteiger partial charge in [-0.2, -0.15) is 0 Å². The molecule has 0 unspecified atom stereocenters. The Morgan fingerprint density at radius 2 is 1.90 bits per heavy atom. The van der Waals surface area contributed by atoms with Crippen molar-refractivity contribution in [3.05, 3.63) is 47.8 Å². The van der Waals surface area contributed by atoms with Gasteiger partial charge in [-0.25, -0.2) is 12.7 Å². The Kier molecular flexibility index (Phi) is 6.71. The van der Waals surface area contributed by atoms with E-state index in [1.165, 1.54) is 23.7 Å². The van der Waals surface area contributed by atoms with E-state index in [0.29, 0.717) is 32.5 Å². The molecule has 2 heterocycles. The largest absolute Gasteiger partial charge is 0.492 e. The highest BCUT2D eigenvalue weighted by molar-refractivity contribution is 7.91. The minimum atomic E-state index is -3.91. The zero-order valence-corrected chi connectivity index (χ0v) is 19.3. The summed E-state index contributed by atoms with van der Waals surface area (Å²) in [6, 6.07) is 8.30. The first-order valence-electron chi connectivity index (χ1n) is 10.5. The maximum atomic E-state index is 12.8. The molecule has 31 heavy (non-hydrogen) atoms.